The van der Waals surface area contributed by atoms with Crippen LogP contribution in [0.25, 0.3) is 0 Å². The Morgan fingerprint density at radius 2 is 2.03 bits per heavy atom. The fraction of sp³-hybridized carbons (Fsp3) is 0.286. The van der Waals surface area contributed by atoms with Gasteiger partial charge in [-0.15, -0.1) is 10.2 Å². The zero-order chi connectivity index (χ0) is 23.4. The Labute approximate surface area is 194 Å². The summed E-state index contributed by atoms with van der Waals surface area (Å²) in [5.41, 5.74) is 2.22. The first kappa shape index (κ1) is 23.6. The van der Waals surface area contributed by atoms with Crippen LogP contribution in [0.4, 0.5) is 11.4 Å². The first-order valence-electron chi connectivity index (χ1n) is 9.65. The number of ether oxygens (including phenoxy) is 1. The first-order valence-corrected chi connectivity index (χ1v) is 11.0. The van der Waals surface area contributed by atoms with Crippen LogP contribution in [-0.2, 0) is 11.8 Å². The summed E-state index contributed by atoms with van der Waals surface area (Å²) in [5.74, 6) is 1.11. The minimum absolute atomic E-state index is 0.00570. The number of hydrogen-bond donors (Lipinski definition) is 1. The van der Waals surface area contributed by atoms with Gasteiger partial charge in [0, 0.05) is 18.8 Å². The average molecular weight is 476 g/mol. The van der Waals surface area contributed by atoms with Crippen LogP contribution in [-0.4, -0.2) is 31.3 Å². The van der Waals surface area contributed by atoms with Gasteiger partial charge < -0.3 is 14.6 Å². The molecule has 0 bridgehead atoms. The summed E-state index contributed by atoms with van der Waals surface area (Å²) in [7, 11) is 1.81. The van der Waals surface area contributed by atoms with Crippen LogP contribution < -0.4 is 10.1 Å². The number of halogens is 1. The molecule has 1 unspecified atom stereocenters. The maximum absolute atomic E-state index is 12.3. The van der Waals surface area contributed by atoms with Gasteiger partial charge in [0.15, 0.2) is 17.1 Å². The van der Waals surface area contributed by atoms with Crippen molar-refractivity contribution in [2.24, 2.45) is 7.05 Å². The van der Waals surface area contributed by atoms with Crippen LogP contribution in [0.5, 0.6) is 5.75 Å². The number of thioether (sulfide) groups is 1. The van der Waals surface area contributed by atoms with E-state index < -0.39 is 4.92 Å². The molecular weight excluding hydrogens is 454 g/mol. The van der Waals surface area contributed by atoms with Gasteiger partial charge in [0.1, 0.15) is 10.8 Å². The van der Waals surface area contributed by atoms with Crippen LogP contribution in [0.2, 0.25) is 5.02 Å². The van der Waals surface area contributed by atoms with Crippen molar-refractivity contribution in [2.75, 3.05) is 11.1 Å². The number of carbonyl (C=O) groups excluding carboxylic acids is 1. The lowest BCUT2D eigenvalue weighted by atomic mass is 10.1. The normalized spacial score (nSPS) is 11.8. The van der Waals surface area contributed by atoms with Gasteiger partial charge in [-0.3, -0.25) is 14.9 Å². The number of amides is 1. The van der Waals surface area contributed by atoms with Crippen molar-refractivity contribution in [1.82, 2.24) is 14.8 Å². The smallest absolute Gasteiger partial charge is 0.289 e. The van der Waals surface area contributed by atoms with Gasteiger partial charge in [-0.1, -0.05) is 41.1 Å². The maximum Gasteiger partial charge on any atom is 0.289 e. The molecule has 9 nitrogen and oxygen atoms in total. The van der Waals surface area contributed by atoms with Gasteiger partial charge in [-0.05, 0) is 44.5 Å². The van der Waals surface area contributed by atoms with E-state index in [1.54, 1.807) is 11.6 Å². The number of nitro groups is 1. The highest BCUT2D eigenvalue weighted by Gasteiger charge is 2.19. The fourth-order valence-corrected chi connectivity index (χ4v) is 3.94. The van der Waals surface area contributed by atoms with Crippen molar-refractivity contribution in [2.45, 2.75) is 32.0 Å². The van der Waals surface area contributed by atoms with Crippen molar-refractivity contribution in [3.8, 4) is 5.75 Å². The topological polar surface area (TPSA) is 112 Å². The van der Waals surface area contributed by atoms with Gasteiger partial charge in [0.2, 0.25) is 5.91 Å². The molecule has 0 radical (unpaired) electrons. The van der Waals surface area contributed by atoms with Crippen LogP contribution in [0.15, 0.2) is 41.6 Å². The molecule has 32 heavy (non-hydrogen) atoms. The predicted molar refractivity (Wildman–Crippen MR) is 123 cm³/mol. The number of benzene rings is 2. The summed E-state index contributed by atoms with van der Waals surface area (Å²) in [6.45, 7) is 5.90. The van der Waals surface area contributed by atoms with E-state index in [2.05, 4.69) is 15.5 Å². The summed E-state index contributed by atoms with van der Waals surface area (Å²) in [4.78, 5) is 22.7. The van der Waals surface area contributed by atoms with Gasteiger partial charge in [0.05, 0.1) is 10.7 Å². The zero-order valence-corrected chi connectivity index (χ0v) is 19.5. The average Bonchev–Trinajstić information content (AvgIpc) is 3.10. The summed E-state index contributed by atoms with van der Waals surface area (Å²) in [5, 5.41) is 22.5. The Bertz CT molecular complexity index is 1170. The number of carbonyl (C=O) groups is 1. The molecule has 0 aliphatic rings. The minimum atomic E-state index is -0.602. The number of aryl methyl sites for hydroxylation is 2. The second-order valence-electron chi connectivity index (χ2n) is 7.19. The molecule has 0 spiro atoms. The van der Waals surface area contributed by atoms with Crippen molar-refractivity contribution < 1.29 is 14.5 Å². The van der Waals surface area contributed by atoms with E-state index in [1.165, 1.54) is 30.0 Å². The molecule has 3 rings (SSSR count). The Kier molecular flexibility index (Phi) is 7.37. The quantitative estimate of drug-likeness (QED) is 0.281. The lowest BCUT2D eigenvalue weighted by Gasteiger charge is -2.16. The Hall–Kier alpha value is -3.11. The molecule has 1 amide bonds. The van der Waals surface area contributed by atoms with E-state index >= 15 is 0 Å². The molecule has 11 heteroatoms. The van der Waals surface area contributed by atoms with Gasteiger partial charge >= 0.3 is 0 Å². The van der Waals surface area contributed by atoms with E-state index in [9.17, 15) is 14.9 Å². The molecule has 1 heterocycles. The number of nitrogens with one attached hydrogen (secondary N) is 1. The summed E-state index contributed by atoms with van der Waals surface area (Å²) < 4.78 is 7.82. The highest BCUT2D eigenvalue weighted by molar-refractivity contribution is 7.99. The van der Waals surface area contributed by atoms with E-state index in [1.807, 2.05) is 39.0 Å². The number of nitro benzene ring substituents is 1. The SMILES string of the molecule is Cc1ccc(OC(C)c2nnc(SCC(=O)Nc3ccc(Cl)c([N+](=O)[O-])c3)n2C)c(C)c1. The van der Waals surface area contributed by atoms with Gasteiger partial charge in [0.25, 0.3) is 5.69 Å². The monoisotopic (exact) mass is 475 g/mol. The third-order valence-corrected chi connectivity index (χ3v) is 5.97. The molecule has 1 atom stereocenters. The molecule has 1 N–H and O–H groups in total. The van der Waals surface area contributed by atoms with E-state index in [4.69, 9.17) is 16.3 Å². The summed E-state index contributed by atoms with van der Waals surface area (Å²) >= 11 is 6.99. The standard InChI is InChI=1S/C21H22ClN5O4S/c1-12-5-8-18(13(2)9-12)31-14(3)20-24-25-21(26(20)4)32-11-19(28)23-15-6-7-16(22)17(10-15)27(29)30/h5-10,14H,11H2,1-4H3,(H,23,28). The second-order valence-corrected chi connectivity index (χ2v) is 8.54. The van der Waals surface area contributed by atoms with Gasteiger partial charge in [-0.25, -0.2) is 0 Å². The third-order valence-electron chi connectivity index (χ3n) is 4.63. The molecule has 0 aliphatic carbocycles. The maximum atomic E-state index is 12.3. The highest BCUT2D eigenvalue weighted by atomic mass is 35.5. The molecule has 0 aliphatic heterocycles. The van der Waals surface area contributed by atoms with Crippen LogP contribution in [0, 0.1) is 24.0 Å². The number of rotatable bonds is 8. The number of hydrogen-bond acceptors (Lipinski definition) is 7. The number of anilines is 1. The molecule has 0 saturated carbocycles. The van der Waals surface area contributed by atoms with Crippen molar-refractivity contribution in [3.63, 3.8) is 0 Å². The van der Waals surface area contributed by atoms with Crippen molar-refractivity contribution in [1.29, 1.82) is 0 Å². The number of nitrogens with zero attached hydrogens (tertiary/aromatic N) is 4. The molecule has 1 aromatic heterocycles. The molecule has 168 valence electrons. The second kappa shape index (κ2) is 10.0. The van der Waals surface area contributed by atoms with E-state index in [-0.39, 0.29) is 28.5 Å². The lowest BCUT2D eigenvalue weighted by Crippen LogP contribution is -2.15. The largest absolute Gasteiger partial charge is 0.482 e. The Balaban J connectivity index is 1.61. The predicted octanol–water partition coefficient (Wildman–Crippen LogP) is 4.86. The summed E-state index contributed by atoms with van der Waals surface area (Å²) in [6, 6.07) is 10.1. The molecule has 0 saturated heterocycles. The summed E-state index contributed by atoms with van der Waals surface area (Å²) in [6.07, 6.45) is -0.341. The Morgan fingerprint density at radius 1 is 1.28 bits per heavy atom. The third kappa shape index (κ3) is 5.57. The van der Waals surface area contributed by atoms with Crippen LogP contribution in [0.1, 0.15) is 30.0 Å². The van der Waals surface area contributed by atoms with Crippen molar-refractivity contribution in [3.05, 3.63) is 68.5 Å². The highest BCUT2D eigenvalue weighted by Crippen LogP contribution is 2.28. The molecular formula is C21H22ClN5O4S. The van der Waals surface area contributed by atoms with Crippen molar-refractivity contribution >= 4 is 40.6 Å². The molecule has 0 fully saturated rings. The molecule has 2 aromatic carbocycles. The molecule has 3 aromatic rings. The van der Waals surface area contributed by atoms with Crippen LogP contribution >= 0.6 is 23.4 Å². The zero-order valence-electron chi connectivity index (χ0n) is 18.0. The Morgan fingerprint density at radius 3 is 2.72 bits per heavy atom. The van der Waals surface area contributed by atoms with Gasteiger partial charge in [-0.2, -0.15) is 0 Å². The van der Waals surface area contributed by atoms with Crippen LogP contribution in [0.3, 0.4) is 0 Å². The minimum Gasteiger partial charge on any atom is -0.482 e. The number of aromatic nitrogens is 3. The first-order chi connectivity index (χ1) is 15.2. The fourth-order valence-electron chi connectivity index (χ4n) is 3.04. The van der Waals surface area contributed by atoms with E-state index in [0.29, 0.717) is 16.7 Å². The van der Waals surface area contributed by atoms with E-state index in [0.717, 1.165) is 16.9 Å². The lowest BCUT2D eigenvalue weighted by molar-refractivity contribution is -0.384.